The van der Waals surface area contributed by atoms with Gasteiger partial charge in [0.1, 0.15) is 0 Å². The van der Waals surface area contributed by atoms with E-state index in [0.717, 1.165) is 19.3 Å². The van der Waals surface area contributed by atoms with Gasteiger partial charge in [-0.2, -0.15) is 0 Å². The van der Waals surface area contributed by atoms with Crippen LogP contribution in [0.4, 0.5) is 0 Å². The smallest absolute Gasteiger partial charge is 0.330 e. The monoisotopic (exact) mass is 300 g/mol. The van der Waals surface area contributed by atoms with Crippen molar-refractivity contribution in [1.29, 1.82) is 0 Å². The molecule has 20 heavy (non-hydrogen) atoms. The van der Waals surface area contributed by atoms with Gasteiger partial charge in [0, 0.05) is 6.08 Å². The summed E-state index contributed by atoms with van der Waals surface area (Å²) in [4.78, 5) is 11.4. The fraction of sp³-hybridized carbons (Fsp3) is 0.812. The molecule has 0 unspecified atom stereocenters. The maximum absolute atomic E-state index is 11.4. The van der Waals surface area contributed by atoms with Gasteiger partial charge in [-0.25, -0.2) is 4.79 Å². The van der Waals surface area contributed by atoms with Crippen LogP contribution < -0.4 is 0 Å². The first-order chi connectivity index (χ1) is 9.14. The summed E-state index contributed by atoms with van der Waals surface area (Å²) in [6.45, 7) is 15.5. The molecular formula is C16H32O3Si. The van der Waals surface area contributed by atoms with Crippen LogP contribution in [0.1, 0.15) is 53.9 Å². The Bertz CT molecular complexity index is 316. The molecule has 0 saturated carbocycles. The standard InChI is InChI=1S/C16H32O3Si/c1-8-10-11-14(12-13-15(17)18-9-2)19-20(6,7)16(3,4)5/h12-14H,8-11H2,1-7H3/b13-12-/t14-/m0/s1. The van der Waals surface area contributed by atoms with E-state index in [1.54, 1.807) is 0 Å². The van der Waals surface area contributed by atoms with Gasteiger partial charge in [0.15, 0.2) is 8.32 Å². The highest BCUT2D eigenvalue weighted by molar-refractivity contribution is 6.74. The predicted molar refractivity (Wildman–Crippen MR) is 87.4 cm³/mol. The molecule has 0 radical (unpaired) electrons. The summed E-state index contributed by atoms with van der Waals surface area (Å²) < 4.78 is 11.3. The molecule has 0 aromatic heterocycles. The van der Waals surface area contributed by atoms with Crippen molar-refractivity contribution in [3.05, 3.63) is 12.2 Å². The molecule has 0 aliphatic rings. The summed E-state index contributed by atoms with van der Waals surface area (Å²) in [7, 11) is -1.81. The van der Waals surface area contributed by atoms with Gasteiger partial charge in [-0.15, -0.1) is 0 Å². The van der Waals surface area contributed by atoms with Gasteiger partial charge < -0.3 is 9.16 Å². The minimum absolute atomic E-state index is 0.0141. The summed E-state index contributed by atoms with van der Waals surface area (Å²) in [6, 6.07) is 0. The van der Waals surface area contributed by atoms with Gasteiger partial charge >= 0.3 is 5.97 Å². The van der Waals surface area contributed by atoms with E-state index in [2.05, 4.69) is 40.8 Å². The van der Waals surface area contributed by atoms with Crippen molar-refractivity contribution in [3.8, 4) is 0 Å². The lowest BCUT2D eigenvalue weighted by molar-refractivity contribution is -0.137. The van der Waals surface area contributed by atoms with Crippen molar-refractivity contribution in [2.75, 3.05) is 6.61 Å². The number of rotatable bonds is 8. The number of esters is 1. The normalized spacial score (nSPS) is 14.6. The zero-order valence-electron chi connectivity index (χ0n) is 14.3. The molecule has 0 spiro atoms. The zero-order valence-corrected chi connectivity index (χ0v) is 15.3. The van der Waals surface area contributed by atoms with Gasteiger partial charge in [-0.3, -0.25) is 0 Å². The Balaban J connectivity index is 4.76. The van der Waals surface area contributed by atoms with Crippen LogP contribution in [0, 0.1) is 0 Å². The highest BCUT2D eigenvalue weighted by Gasteiger charge is 2.38. The Morgan fingerprint density at radius 2 is 1.85 bits per heavy atom. The molecule has 0 aliphatic heterocycles. The van der Waals surface area contributed by atoms with Crippen LogP contribution in [0.5, 0.6) is 0 Å². The summed E-state index contributed by atoms with van der Waals surface area (Å²) in [6.07, 6.45) is 6.58. The van der Waals surface area contributed by atoms with Crippen molar-refractivity contribution in [2.24, 2.45) is 0 Å². The number of carbonyl (C=O) groups excluding carboxylic acids is 1. The third-order valence-corrected chi connectivity index (χ3v) is 8.33. The highest BCUT2D eigenvalue weighted by Crippen LogP contribution is 2.37. The maximum atomic E-state index is 11.4. The molecule has 118 valence electrons. The lowest BCUT2D eigenvalue weighted by Crippen LogP contribution is -2.43. The van der Waals surface area contributed by atoms with E-state index in [0.29, 0.717) is 6.61 Å². The third-order valence-electron chi connectivity index (χ3n) is 3.83. The second-order valence-electron chi connectivity index (χ2n) is 6.67. The van der Waals surface area contributed by atoms with Crippen molar-refractivity contribution < 1.29 is 14.0 Å². The average Bonchev–Trinajstić information content (AvgIpc) is 2.31. The largest absolute Gasteiger partial charge is 0.463 e. The van der Waals surface area contributed by atoms with Crippen LogP contribution in [0.25, 0.3) is 0 Å². The van der Waals surface area contributed by atoms with Crippen LogP contribution in [0.2, 0.25) is 18.1 Å². The molecule has 1 atom stereocenters. The first kappa shape index (κ1) is 19.4. The van der Waals surface area contributed by atoms with Crippen molar-refractivity contribution in [2.45, 2.75) is 78.1 Å². The van der Waals surface area contributed by atoms with Crippen LogP contribution in [0.3, 0.4) is 0 Å². The molecule has 0 N–H and O–H groups in total. The first-order valence-electron chi connectivity index (χ1n) is 7.66. The molecule has 0 rings (SSSR count). The first-order valence-corrected chi connectivity index (χ1v) is 10.6. The Hall–Kier alpha value is -0.613. The number of carbonyl (C=O) groups is 1. The number of ether oxygens (including phenoxy) is 1. The van der Waals surface area contributed by atoms with Crippen molar-refractivity contribution in [1.82, 2.24) is 0 Å². The third kappa shape index (κ3) is 7.24. The van der Waals surface area contributed by atoms with E-state index >= 15 is 0 Å². The van der Waals surface area contributed by atoms with Gasteiger partial charge in [-0.1, -0.05) is 40.5 Å². The topological polar surface area (TPSA) is 35.5 Å². The van der Waals surface area contributed by atoms with Crippen LogP contribution in [-0.2, 0) is 14.0 Å². The fourth-order valence-corrected chi connectivity index (χ4v) is 2.84. The number of hydrogen-bond donors (Lipinski definition) is 0. The van der Waals surface area contributed by atoms with E-state index < -0.39 is 8.32 Å². The zero-order chi connectivity index (χ0) is 15.8. The van der Waals surface area contributed by atoms with E-state index in [4.69, 9.17) is 9.16 Å². The van der Waals surface area contributed by atoms with Gasteiger partial charge in [0.05, 0.1) is 12.7 Å². The molecule has 0 aromatic rings. The number of unbranched alkanes of at least 4 members (excludes halogenated alkanes) is 1. The molecule has 0 saturated heterocycles. The molecule has 4 heteroatoms. The molecule has 3 nitrogen and oxygen atoms in total. The van der Waals surface area contributed by atoms with E-state index in [1.165, 1.54) is 6.08 Å². The molecule has 0 fully saturated rings. The maximum Gasteiger partial charge on any atom is 0.330 e. The Morgan fingerprint density at radius 3 is 2.30 bits per heavy atom. The SMILES string of the molecule is CCCC[C@@H](/C=C\C(=O)OCC)O[Si](C)(C)C(C)(C)C. The summed E-state index contributed by atoms with van der Waals surface area (Å²) >= 11 is 0. The lowest BCUT2D eigenvalue weighted by Gasteiger charge is -2.38. The Labute approximate surface area is 125 Å². The summed E-state index contributed by atoms with van der Waals surface area (Å²) in [5.41, 5.74) is 0. The highest BCUT2D eigenvalue weighted by atomic mass is 28.4. The van der Waals surface area contributed by atoms with Crippen LogP contribution in [0.15, 0.2) is 12.2 Å². The minimum atomic E-state index is -1.81. The molecule has 0 bridgehead atoms. The summed E-state index contributed by atoms with van der Waals surface area (Å²) in [5, 5.41) is 0.176. The Morgan fingerprint density at radius 1 is 1.25 bits per heavy atom. The molecule has 0 aliphatic carbocycles. The summed E-state index contributed by atoms with van der Waals surface area (Å²) in [5.74, 6) is -0.284. The lowest BCUT2D eigenvalue weighted by atomic mass is 10.1. The quantitative estimate of drug-likeness (QED) is 0.371. The van der Waals surface area contributed by atoms with Crippen molar-refractivity contribution in [3.63, 3.8) is 0 Å². The second-order valence-corrected chi connectivity index (χ2v) is 11.4. The second kappa shape index (κ2) is 8.62. The number of hydrogen-bond acceptors (Lipinski definition) is 3. The molecule has 0 aromatic carbocycles. The van der Waals surface area contributed by atoms with E-state index in [9.17, 15) is 4.79 Å². The van der Waals surface area contributed by atoms with Crippen LogP contribution >= 0.6 is 0 Å². The fourth-order valence-electron chi connectivity index (χ4n) is 1.53. The molecular weight excluding hydrogens is 268 g/mol. The minimum Gasteiger partial charge on any atom is -0.463 e. The van der Waals surface area contributed by atoms with E-state index in [-0.39, 0.29) is 17.1 Å². The van der Waals surface area contributed by atoms with Crippen LogP contribution in [-0.4, -0.2) is 27.0 Å². The Kier molecular flexibility index (Phi) is 8.36. The van der Waals surface area contributed by atoms with Gasteiger partial charge in [0.2, 0.25) is 0 Å². The van der Waals surface area contributed by atoms with Crippen molar-refractivity contribution >= 4 is 14.3 Å². The average molecular weight is 301 g/mol. The van der Waals surface area contributed by atoms with E-state index in [1.807, 2.05) is 13.0 Å². The predicted octanol–water partition coefficient (Wildman–Crippen LogP) is 4.69. The van der Waals surface area contributed by atoms with Gasteiger partial charge in [-0.05, 0) is 37.6 Å². The molecule has 0 heterocycles. The van der Waals surface area contributed by atoms with Gasteiger partial charge in [0.25, 0.3) is 0 Å². The molecule has 0 amide bonds.